The highest BCUT2D eigenvalue weighted by atomic mass is 79.9. The molecule has 0 aliphatic carbocycles. The molecule has 0 bridgehead atoms. The van der Waals surface area contributed by atoms with Gasteiger partial charge in [0.05, 0.1) is 11.6 Å². The molecule has 3 heterocycles. The lowest BCUT2D eigenvalue weighted by Crippen LogP contribution is -2.36. The van der Waals surface area contributed by atoms with Crippen LogP contribution in [0.2, 0.25) is 0 Å². The normalized spacial score (nSPS) is 16.9. The predicted octanol–water partition coefficient (Wildman–Crippen LogP) is 3.73. The van der Waals surface area contributed by atoms with E-state index in [1.807, 2.05) is 31.1 Å². The second-order valence-electron chi connectivity index (χ2n) is 7.37. The number of aliphatic hydroxyl groups is 1. The lowest BCUT2D eigenvalue weighted by atomic mass is 9.95. The molecule has 4 rings (SSSR count). The molecule has 8 heteroatoms. The largest absolute Gasteiger partial charge is 0.503 e. The number of benzene rings is 1. The maximum absolute atomic E-state index is 13.4. The molecule has 1 unspecified atom stereocenters. The Morgan fingerprint density at radius 3 is 2.67 bits per heavy atom. The average molecular weight is 470 g/mol. The smallest absolute Gasteiger partial charge is 0.290 e. The summed E-state index contributed by atoms with van der Waals surface area (Å²) in [5.41, 5.74) is 1.27. The molecule has 1 atom stereocenters. The van der Waals surface area contributed by atoms with Crippen LogP contribution in [0.3, 0.4) is 0 Å². The van der Waals surface area contributed by atoms with Gasteiger partial charge in [0, 0.05) is 35.3 Å². The molecule has 7 nitrogen and oxygen atoms in total. The molecule has 1 aromatic carbocycles. The number of Topliss-reactive ketones (excluding diaryl/α,β-unsaturated/α-hetero) is 1. The third kappa shape index (κ3) is 3.64. The van der Waals surface area contributed by atoms with Crippen molar-refractivity contribution < 1.29 is 19.1 Å². The first-order valence-corrected chi connectivity index (χ1v) is 10.2. The molecule has 1 N–H and O–H groups in total. The number of hydrogen-bond donors (Lipinski definition) is 1. The van der Waals surface area contributed by atoms with E-state index < -0.39 is 23.5 Å². The van der Waals surface area contributed by atoms with Gasteiger partial charge in [0.1, 0.15) is 5.58 Å². The second kappa shape index (κ2) is 8.04. The van der Waals surface area contributed by atoms with Crippen LogP contribution in [-0.4, -0.2) is 58.8 Å². The van der Waals surface area contributed by atoms with Crippen molar-refractivity contribution in [3.05, 3.63) is 75.9 Å². The summed E-state index contributed by atoms with van der Waals surface area (Å²) in [5.74, 6) is -1.55. The van der Waals surface area contributed by atoms with Gasteiger partial charge in [-0.05, 0) is 56.1 Å². The number of carbonyl (C=O) groups excluding carboxylic acids is 2. The van der Waals surface area contributed by atoms with Gasteiger partial charge in [-0.1, -0.05) is 15.9 Å². The van der Waals surface area contributed by atoms with E-state index in [2.05, 4.69) is 20.9 Å². The van der Waals surface area contributed by atoms with Gasteiger partial charge in [-0.3, -0.25) is 14.6 Å². The zero-order valence-electron chi connectivity index (χ0n) is 16.5. The quantitative estimate of drug-likeness (QED) is 0.553. The Balaban J connectivity index is 1.78. The fraction of sp³-hybridized carbons (Fsp3) is 0.227. The lowest BCUT2D eigenvalue weighted by molar-refractivity contribution is -0.129. The predicted molar refractivity (Wildman–Crippen MR) is 115 cm³/mol. The summed E-state index contributed by atoms with van der Waals surface area (Å²) in [7, 11) is 3.79. The molecule has 0 spiro atoms. The Kier molecular flexibility index (Phi) is 5.44. The van der Waals surface area contributed by atoms with Crippen molar-refractivity contribution in [3.63, 3.8) is 0 Å². The minimum atomic E-state index is -0.715. The van der Waals surface area contributed by atoms with Crippen molar-refractivity contribution in [2.75, 3.05) is 27.2 Å². The van der Waals surface area contributed by atoms with E-state index in [0.717, 1.165) is 9.86 Å². The topological polar surface area (TPSA) is 86.9 Å². The van der Waals surface area contributed by atoms with Crippen molar-refractivity contribution in [2.45, 2.75) is 6.04 Å². The van der Waals surface area contributed by atoms with E-state index in [1.54, 1.807) is 36.7 Å². The number of rotatable bonds is 6. The van der Waals surface area contributed by atoms with Gasteiger partial charge < -0.3 is 19.3 Å². The number of furan rings is 1. The maximum Gasteiger partial charge on any atom is 0.290 e. The number of amides is 1. The number of nitrogens with zero attached hydrogens (tertiary/aromatic N) is 3. The van der Waals surface area contributed by atoms with Crippen LogP contribution in [-0.2, 0) is 4.79 Å². The van der Waals surface area contributed by atoms with Crippen LogP contribution in [0.1, 0.15) is 22.2 Å². The number of likely N-dealkylation sites (N-methyl/N-ethyl adjacent to an activating group) is 1. The van der Waals surface area contributed by atoms with E-state index in [1.165, 1.54) is 4.90 Å². The summed E-state index contributed by atoms with van der Waals surface area (Å²) in [6, 6.07) is 9.80. The van der Waals surface area contributed by atoms with E-state index >= 15 is 0 Å². The standard InChI is InChI=1S/C22H20BrN3O4/c1-25(2)9-10-26-19(13-5-7-24-8-6-13)18(21(28)22(26)29)20(27)17-12-14-11-15(23)3-4-16(14)30-17/h3-8,11-12,19,28H,9-10H2,1-2H3. The summed E-state index contributed by atoms with van der Waals surface area (Å²) in [6.07, 6.45) is 3.19. The summed E-state index contributed by atoms with van der Waals surface area (Å²) < 4.78 is 6.59. The van der Waals surface area contributed by atoms with Gasteiger partial charge in [-0.25, -0.2) is 0 Å². The molecule has 2 aromatic heterocycles. The number of ketones is 1. The Labute approximate surface area is 181 Å². The molecule has 0 saturated carbocycles. The van der Waals surface area contributed by atoms with Gasteiger partial charge in [-0.2, -0.15) is 0 Å². The zero-order valence-corrected chi connectivity index (χ0v) is 18.1. The van der Waals surface area contributed by atoms with Crippen LogP contribution in [0.5, 0.6) is 0 Å². The molecular weight excluding hydrogens is 450 g/mol. The minimum absolute atomic E-state index is 0.0167. The maximum atomic E-state index is 13.4. The molecular formula is C22H20BrN3O4. The monoisotopic (exact) mass is 469 g/mol. The highest BCUT2D eigenvalue weighted by Gasteiger charge is 2.44. The Morgan fingerprint density at radius 1 is 1.23 bits per heavy atom. The van der Waals surface area contributed by atoms with Gasteiger partial charge in [0.2, 0.25) is 5.78 Å². The fourth-order valence-electron chi connectivity index (χ4n) is 3.58. The number of halogens is 1. The minimum Gasteiger partial charge on any atom is -0.503 e. The molecule has 1 amide bonds. The Morgan fingerprint density at radius 2 is 1.97 bits per heavy atom. The lowest BCUT2D eigenvalue weighted by Gasteiger charge is -2.27. The van der Waals surface area contributed by atoms with E-state index in [-0.39, 0.29) is 11.3 Å². The van der Waals surface area contributed by atoms with E-state index in [0.29, 0.717) is 24.2 Å². The van der Waals surface area contributed by atoms with Crippen molar-refractivity contribution in [1.29, 1.82) is 0 Å². The van der Waals surface area contributed by atoms with Crippen molar-refractivity contribution in [2.24, 2.45) is 0 Å². The van der Waals surface area contributed by atoms with E-state index in [9.17, 15) is 14.7 Å². The van der Waals surface area contributed by atoms with Gasteiger partial charge in [0.15, 0.2) is 11.5 Å². The second-order valence-corrected chi connectivity index (χ2v) is 8.28. The van der Waals surface area contributed by atoms with Crippen LogP contribution >= 0.6 is 15.9 Å². The van der Waals surface area contributed by atoms with Crippen molar-refractivity contribution in [3.8, 4) is 0 Å². The highest BCUT2D eigenvalue weighted by Crippen LogP contribution is 2.39. The van der Waals surface area contributed by atoms with Crippen LogP contribution in [0.4, 0.5) is 0 Å². The van der Waals surface area contributed by atoms with Gasteiger partial charge in [0.25, 0.3) is 5.91 Å². The summed E-state index contributed by atoms with van der Waals surface area (Å²) >= 11 is 3.40. The number of pyridine rings is 1. The van der Waals surface area contributed by atoms with Crippen LogP contribution < -0.4 is 0 Å². The van der Waals surface area contributed by atoms with Crippen molar-refractivity contribution >= 4 is 38.6 Å². The third-order valence-electron chi connectivity index (χ3n) is 5.06. The number of aromatic nitrogens is 1. The van der Waals surface area contributed by atoms with E-state index in [4.69, 9.17) is 4.42 Å². The van der Waals surface area contributed by atoms with Crippen LogP contribution in [0, 0.1) is 0 Å². The first-order valence-electron chi connectivity index (χ1n) is 9.39. The Hall–Kier alpha value is -2.97. The molecule has 0 radical (unpaired) electrons. The third-order valence-corrected chi connectivity index (χ3v) is 5.55. The fourth-order valence-corrected chi connectivity index (χ4v) is 3.95. The summed E-state index contributed by atoms with van der Waals surface area (Å²) in [5, 5.41) is 11.4. The SMILES string of the molecule is CN(C)CCN1C(=O)C(O)=C(C(=O)c2cc3cc(Br)ccc3o2)C1c1ccncc1. The molecule has 3 aromatic rings. The zero-order chi connectivity index (χ0) is 21.4. The highest BCUT2D eigenvalue weighted by molar-refractivity contribution is 9.10. The number of carbonyl (C=O) groups is 2. The van der Waals surface area contributed by atoms with Crippen LogP contribution in [0.25, 0.3) is 11.0 Å². The van der Waals surface area contributed by atoms with Gasteiger partial charge >= 0.3 is 0 Å². The first kappa shape index (κ1) is 20.3. The summed E-state index contributed by atoms with van der Waals surface area (Å²) in [4.78, 5) is 33.7. The van der Waals surface area contributed by atoms with Crippen LogP contribution in [0.15, 0.2) is 69.0 Å². The molecule has 1 aliphatic heterocycles. The molecule has 0 saturated heterocycles. The molecule has 1 aliphatic rings. The molecule has 0 fully saturated rings. The molecule has 154 valence electrons. The molecule has 30 heavy (non-hydrogen) atoms. The first-order chi connectivity index (χ1) is 14.4. The summed E-state index contributed by atoms with van der Waals surface area (Å²) in [6.45, 7) is 0.938. The average Bonchev–Trinajstić information content (AvgIpc) is 3.25. The van der Waals surface area contributed by atoms with Gasteiger partial charge in [-0.15, -0.1) is 0 Å². The number of aliphatic hydroxyl groups excluding tert-OH is 1. The number of fused-ring (bicyclic) bond motifs is 1. The Bertz CT molecular complexity index is 1150. The van der Waals surface area contributed by atoms with Crippen molar-refractivity contribution in [1.82, 2.24) is 14.8 Å². The number of hydrogen-bond acceptors (Lipinski definition) is 6.